The van der Waals surface area contributed by atoms with Crippen LogP contribution in [0.15, 0.2) is 53.5 Å². The molecule has 0 radical (unpaired) electrons. The second kappa shape index (κ2) is 12.2. The predicted molar refractivity (Wildman–Crippen MR) is 142 cm³/mol. The molecule has 0 spiro atoms. The highest BCUT2D eigenvalue weighted by molar-refractivity contribution is 14.0. The Balaban J connectivity index is 0.00000306. The molecule has 2 aliphatic heterocycles. The summed E-state index contributed by atoms with van der Waals surface area (Å²) in [7, 11) is 1.78. The quantitative estimate of drug-likeness (QED) is 0.274. The van der Waals surface area contributed by atoms with Crippen molar-refractivity contribution in [3.63, 3.8) is 0 Å². The van der Waals surface area contributed by atoms with E-state index in [4.69, 9.17) is 10.5 Å². The van der Waals surface area contributed by atoms with E-state index >= 15 is 0 Å². The standard InChI is InChI=1S/C25H33N5O2.HI/c1-27-25(29-15-22-13-20-8-2-3-10-23(20)32-22)28-14-18-6-4-7-19(12-18)16-30-11-5-9-21(17-30)24(26)31;/h2-4,6-8,10,12,21-22H,5,9,11,13-17H2,1H3,(H2,26,31)(H2,27,28,29);1H. The number of benzene rings is 2. The van der Waals surface area contributed by atoms with E-state index < -0.39 is 0 Å². The normalized spacial score (nSPS) is 20.3. The monoisotopic (exact) mass is 563 g/mol. The van der Waals surface area contributed by atoms with Crippen molar-refractivity contribution in [2.45, 2.75) is 38.5 Å². The molecule has 2 aromatic rings. The van der Waals surface area contributed by atoms with Crippen LogP contribution in [0.2, 0.25) is 0 Å². The molecule has 0 aromatic heterocycles. The smallest absolute Gasteiger partial charge is 0.221 e. The molecular weight excluding hydrogens is 529 g/mol. The van der Waals surface area contributed by atoms with E-state index in [0.717, 1.165) is 50.6 Å². The number of likely N-dealkylation sites (tertiary alicyclic amines) is 1. The van der Waals surface area contributed by atoms with Gasteiger partial charge in [0.05, 0.1) is 12.5 Å². The molecule has 0 bridgehead atoms. The molecule has 0 aliphatic carbocycles. The molecule has 0 saturated carbocycles. The second-order valence-electron chi connectivity index (χ2n) is 8.65. The maximum absolute atomic E-state index is 11.5. The van der Waals surface area contributed by atoms with Gasteiger partial charge in [0.25, 0.3) is 0 Å². The van der Waals surface area contributed by atoms with E-state index in [1.807, 2.05) is 18.2 Å². The SMILES string of the molecule is CN=C(NCc1cccc(CN2CCCC(C(N)=O)C2)c1)NCC1Cc2ccccc2O1.I. The van der Waals surface area contributed by atoms with Gasteiger partial charge in [0.2, 0.25) is 5.91 Å². The van der Waals surface area contributed by atoms with Gasteiger partial charge in [-0.1, -0.05) is 42.5 Å². The van der Waals surface area contributed by atoms with Gasteiger partial charge in [0.15, 0.2) is 5.96 Å². The first-order valence-electron chi connectivity index (χ1n) is 11.4. The van der Waals surface area contributed by atoms with Gasteiger partial charge in [0.1, 0.15) is 11.9 Å². The third-order valence-corrected chi connectivity index (χ3v) is 6.20. The molecule has 4 rings (SSSR count). The van der Waals surface area contributed by atoms with Crippen LogP contribution in [0.1, 0.15) is 29.5 Å². The second-order valence-corrected chi connectivity index (χ2v) is 8.65. The summed E-state index contributed by atoms with van der Waals surface area (Å²) in [5.41, 5.74) is 9.21. The van der Waals surface area contributed by atoms with Crippen LogP contribution in [-0.4, -0.2) is 49.6 Å². The molecule has 1 fully saturated rings. The van der Waals surface area contributed by atoms with Gasteiger partial charge in [-0.3, -0.25) is 14.7 Å². The van der Waals surface area contributed by atoms with Gasteiger partial charge >= 0.3 is 0 Å². The van der Waals surface area contributed by atoms with Gasteiger partial charge in [-0.25, -0.2) is 0 Å². The molecule has 1 amide bonds. The van der Waals surface area contributed by atoms with Gasteiger partial charge in [-0.15, -0.1) is 24.0 Å². The van der Waals surface area contributed by atoms with E-state index in [9.17, 15) is 4.79 Å². The van der Waals surface area contributed by atoms with E-state index in [1.165, 1.54) is 16.7 Å². The topological polar surface area (TPSA) is 92.0 Å². The number of nitrogens with zero attached hydrogens (tertiary/aromatic N) is 2. The number of aliphatic imine (C=N–C) groups is 1. The fourth-order valence-corrected chi connectivity index (χ4v) is 4.51. The van der Waals surface area contributed by atoms with Crippen LogP contribution in [0.5, 0.6) is 5.75 Å². The molecular formula is C25H34IN5O2. The number of amides is 1. The summed E-state index contributed by atoms with van der Waals surface area (Å²) < 4.78 is 6.00. The number of piperidine rings is 1. The van der Waals surface area contributed by atoms with Crippen LogP contribution in [0, 0.1) is 5.92 Å². The van der Waals surface area contributed by atoms with Crippen LogP contribution in [0.3, 0.4) is 0 Å². The van der Waals surface area contributed by atoms with Crippen molar-refractivity contribution in [1.82, 2.24) is 15.5 Å². The van der Waals surface area contributed by atoms with Crippen molar-refractivity contribution >= 4 is 35.8 Å². The fourth-order valence-electron chi connectivity index (χ4n) is 4.51. The number of primary amides is 1. The number of hydrogen-bond acceptors (Lipinski definition) is 4. The summed E-state index contributed by atoms with van der Waals surface area (Å²) in [5, 5.41) is 6.77. The highest BCUT2D eigenvalue weighted by Gasteiger charge is 2.24. The first-order chi connectivity index (χ1) is 15.6. The molecule has 178 valence electrons. The maximum Gasteiger partial charge on any atom is 0.221 e. The largest absolute Gasteiger partial charge is 0.488 e. The number of hydrogen-bond donors (Lipinski definition) is 3. The van der Waals surface area contributed by atoms with Crippen molar-refractivity contribution in [3.8, 4) is 5.75 Å². The number of halogens is 1. The lowest BCUT2D eigenvalue weighted by atomic mass is 9.97. The number of para-hydroxylation sites is 1. The summed E-state index contributed by atoms with van der Waals surface area (Å²) in [6.07, 6.45) is 2.95. The molecule has 8 heteroatoms. The number of ether oxygens (including phenoxy) is 1. The van der Waals surface area contributed by atoms with Crippen LogP contribution in [-0.2, 0) is 24.3 Å². The Labute approximate surface area is 213 Å². The highest BCUT2D eigenvalue weighted by Crippen LogP contribution is 2.27. The number of carbonyl (C=O) groups is 1. The van der Waals surface area contributed by atoms with E-state index in [0.29, 0.717) is 13.1 Å². The minimum atomic E-state index is -0.182. The van der Waals surface area contributed by atoms with Gasteiger partial charge in [-0.05, 0) is 42.1 Å². The fraction of sp³-hybridized carbons (Fsp3) is 0.440. The summed E-state index contributed by atoms with van der Waals surface area (Å²) in [5.74, 6) is 1.53. The number of nitrogens with two attached hydrogens (primary N) is 1. The third kappa shape index (κ3) is 7.07. The van der Waals surface area contributed by atoms with Crippen LogP contribution in [0.25, 0.3) is 0 Å². The van der Waals surface area contributed by atoms with Crippen LogP contribution in [0.4, 0.5) is 0 Å². The first kappa shape index (κ1) is 25.3. The molecule has 2 aromatic carbocycles. The Bertz CT molecular complexity index is 942. The molecule has 1 saturated heterocycles. The van der Waals surface area contributed by atoms with E-state index in [1.54, 1.807) is 7.05 Å². The zero-order valence-corrected chi connectivity index (χ0v) is 21.5. The Kier molecular flexibility index (Phi) is 9.37. The van der Waals surface area contributed by atoms with Crippen LogP contribution < -0.4 is 21.1 Å². The number of fused-ring (bicyclic) bond motifs is 1. The molecule has 7 nitrogen and oxygen atoms in total. The Hall–Kier alpha value is -2.33. The molecule has 2 unspecified atom stereocenters. The van der Waals surface area contributed by atoms with Gasteiger partial charge in [-0.2, -0.15) is 0 Å². The molecule has 2 atom stereocenters. The molecule has 2 aliphatic rings. The zero-order chi connectivity index (χ0) is 22.3. The highest BCUT2D eigenvalue weighted by atomic mass is 127. The van der Waals surface area contributed by atoms with Crippen molar-refractivity contribution in [2.75, 3.05) is 26.7 Å². The number of rotatable bonds is 7. The Morgan fingerprint density at radius 2 is 2.00 bits per heavy atom. The summed E-state index contributed by atoms with van der Waals surface area (Å²) >= 11 is 0. The van der Waals surface area contributed by atoms with Gasteiger partial charge < -0.3 is 21.1 Å². The van der Waals surface area contributed by atoms with Crippen molar-refractivity contribution in [2.24, 2.45) is 16.6 Å². The van der Waals surface area contributed by atoms with E-state index in [-0.39, 0.29) is 41.9 Å². The van der Waals surface area contributed by atoms with Crippen molar-refractivity contribution in [3.05, 3.63) is 65.2 Å². The Morgan fingerprint density at radius 1 is 1.18 bits per heavy atom. The summed E-state index contributed by atoms with van der Waals surface area (Å²) in [4.78, 5) is 18.2. The molecule has 2 heterocycles. The van der Waals surface area contributed by atoms with E-state index in [2.05, 4.69) is 50.9 Å². The summed E-state index contributed by atoms with van der Waals surface area (Å²) in [6, 6.07) is 16.7. The first-order valence-corrected chi connectivity index (χ1v) is 11.4. The number of carbonyl (C=O) groups excluding carboxylic acids is 1. The van der Waals surface area contributed by atoms with Gasteiger partial charge in [0, 0.05) is 33.1 Å². The minimum absolute atomic E-state index is 0. The third-order valence-electron chi connectivity index (χ3n) is 6.20. The average molecular weight is 563 g/mol. The van der Waals surface area contributed by atoms with Crippen LogP contribution >= 0.6 is 24.0 Å². The molecule has 33 heavy (non-hydrogen) atoms. The van der Waals surface area contributed by atoms with Crippen molar-refractivity contribution < 1.29 is 9.53 Å². The Morgan fingerprint density at radius 3 is 2.79 bits per heavy atom. The zero-order valence-electron chi connectivity index (χ0n) is 19.1. The molecule has 4 N–H and O–H groups in total. The lowest BCUT2D eigenvalue weighted by Crippen LogP contribution is -2.42. The number of nitrogens with one attached hydrogen (secondary N) is 2. The summed E-state index contributed by atoms with van der Waals surface area (Å²) in [6.45, 7) is 3.98. The minimum Gasteiger partial charge on any atom is -0.488 e. The number of guanidine groups is 1. The average Bonchev–Trinajstić information content (AvgIpc) is 3.23. The lowest BCUT2D eigenvalue weighted by Gasteiger charge is -2.31. The maximum atomic E-state index is 11.5. The predicted octanol–water partition coefficient (Wildman–Crippen LogP) is 2.67. The lowest BCUT2D eigenvalue weighted by molar-refractivity contribution is -0.123. The van der Waals surface area contributed by atoms with Crippen molar-refractivity contribution in [1.29, 1.82) is 0 Å².